The summed E-state index contributed by atoms with van der Waals surface area (Å²) in [7, 11) is 0. The minimum absolute atomic E-state index is 0.152. The van der Waals surface area contributed by atoms with E-state index in [1.165, 1.54) is 6.07 Å². The molecule has 0 saturated carbocycles. The minimum atomic E-state index is -4.95. The first kappa shape index (κ1) is 19.5. The summed E-state index contributed by atoms with van der Waals surface area (Å²) in [6.45, 7) is 0. The molecule has 0 bridgehead atoms. The molecule has 0 spiro atoms. The highest BCUT2D eigenvalue weighted by Gasteiger charge is 2.38. The molecule has 1 aromatic carbocycles. The maximum atomic E-state index is 13.3. The van der Waals surface area contributed by atoms with Crippen molar-refractivity contribution < 1.29 is 31.4 Å². The lowest BCUT2D eigenvalue weighted by Crippen LogP contribution is -2.31. The molecule has 0 radical (unpaired) electrons. The van der Waals surface area contributed by atoms with Gasteiger partial charge in [0.1, 0.15) is 5.69 Å². The van der Waals surface area contributed by atoms with Crippen LogP contribution in [0.15, 0.2) is 36.5 Å². The summed E-state index contributed by atoms with van der Waals surface area (Å²) in [5.41, 5.74) is -3.79. The van der Waals surface area contributed by atoms with Crippen LogP contribution in [0.4, 0.5) is 26.3 Å². The zero-order valence-corrected chi connectivity index (χ0v) is 13.9. The van der Waals surface area contributed by atoms with Crippen molar-refractivity contribution in [1.29, 1.82) is 0 Å². The molecule has 1 aliphatic heterocycles. The molecule has 0 saturated heterocycles. The van der Waals surface area contributed by atoms with Crippen molar-refractivity contribution in [1.82, 2.24) is 10.3 Å². The van der Waals surface area contributed by atoms with Gasteiger partial charge in [0.05, 0.1) is 23.2 Å². The third kappa shape index (κ3) is 4.02. The lowest BCUT2D eigenvalue weighted by molar-refractivity contribution is -0.142. The molecule has 3 nitrogen and oxygen atoms in total. The fraction of sp³-hybridized carbons (Fsp3) is 0.389. The molecule has 2 aromatic rings. The fourth-order valence-corrected chi connectivity index (χ4v) is 3.17. The number of aromatic nitrogens is 1. The number of benzene rings is 1. The Hall–Kier alpha value is -2.29. The first-order valence-electron chi connectivity index (χ1n) is 8.26. The molecule has 2 unspecified atom stereocenters. The maximum Gasteiger partial charge on any atom is 0.433 e. The Morgan fingerprint density at radius 3 is 2.52 bits per heavy atom. The van der Waals surface area contributed by atoms with Gasteiger partial charge in [-0.2, -0.15) is 26.3 Å². The van der Waals surface area contributed by atoms with Crippen LogP contribution in [0, 0.1) is 0 Å². The number of allylic oxidation sites excluding steroid dienone is 1. The van der Waals surface area contributed by atoms with E-state index in [4.69, 9.17) is 0 Å². The number of alkyl halides is 6. The summed E-state index contributed by atoms with van der Waals surface area (Å²) in [5.74, 6) is 0. The van der Waals surface area contributed by atoms with Crippen LogP contribution >= 0.6 is 0 Å². The van der Waals surface area contributed by atoms with Gasteiger partial charge in [0, 0.05) is 5.39 Å². The summed E-state index contributed by atoms with van der Waals surface area (Å²) >= 11 is 0. The quantitative estimate of drug-likeness (QED) is 0.713. The second kappa shape index (κ2) is 7.03. The van der Waals surface area contributed by atoms with E-state index in [0.29, 0.717) is 25.0 Å². The fourth-order valence-electron chi connectivity index (χ4n) is 3.17. The van der Waals surface area contributed by atoms with Gasteiger partial charge in [-0.3, -0.25) is 0 Å². The van der Waals surface area contributed by atoms with Gasteiger partial charge in [-0.15, -0.1) is 0 Å². The van der Waals surface area contributed by atoms with Crippen LogP contribution in [0.3, 0.4) is 0 Å². The average Bonchev–Trinajstić information content (AvgIpc) is 2.87. The SMILES string of the molecule is OC(c1cc(C(F)(F)F)nc2c(C(F)(F)F)cccc12)C1CCCC=CN1. The Kier molecular flexibility index (Phi) is 5.07. The molecule has 3 rings (SSSR count). The molecule has 27 heavy (non-hydrogen) atoms. The lowest BCUT2D eigenvalue weighted by atomic mass is 9.93. The van der Waals surface area contributed by atoms with Crippen LogP contribution in [0.5, 0.6) is 0 Å². The Balaban J connectivity index is 2.22. The van der Waals surface area contributed by atoms with Crippen LogP contribution in [0.2, 0.25) is 0 Å². The Morgan fingerprint density at radius 2 is 1.85 bits per heavy atom. The summed E-state index contributed by atoms with van der Waals surface area (Å²) in [6, 6.07) is 3.02. The van der Waals surface area contributed by atoms with E-state index >= 15 is 0 Å². The van der Waals surface area contributed by atoms with Crippen molar-refractivity contribution in [2.45, 2.75) is 43.8 Å². The van der Waals surface area contributed by atoms with Gasteiger partial charge < -0.3 is 10.4 Å². The largest absolute Gasteiger partial charge is 0.433 e. The normalized spacial score (nSPS) is 19.6. The molecule has 1 aromatic heterocycles. The van der Waals surface area contributed by atoms with E-state index in [-0.39, 0.29) is 10.9 Å². The monoisotopic (exact) mass is 390 g/mol. The number of para-hydroxylation sites is 1. The highest BCUT2D eigenvalue weighted by atomic mass is 19.4. The van der Waals surface area contributed by atoms with Crippen LogP contribution in [-0.2, 0) is 12.4 Å². The predicted octanol–water partition coefficient (Wildman–Crippen LogP) is 4.96. The second-order valence-corrected chi connectivity index (χ2v) is 6.35. The minimum Gasteiger partial charge on any atom is -0.386 e. The number of fused-ring (bicyclic) bond motifs is 1. The van der Waals surface area contributed by atoms with E-state index in [1.807, 2.05) is 6.08 Å². The van der Waals surface area contributed by atoms with Crippen molar-refractivity contribution in [3.05, 3.63) is 53.4 Å². The number of pyridine rings is 1. The summed E-state index contributed by atoms with van der Waals surface area (Å²) in [4.78, 5) is 3.23. The molecule has 2 heterocycles. The number of aliphatic hydroxyl groups excluding tert-OH is 1. The van der Waals surface area contributed by atoms with E-state index in [0.717, 1.165) is 12.5 Å². The van der Waals surface area contributed by atoms with Gasteiger partial charge in [-0.1, -0.05) is 18.2 Å². The number of nitrogens with zero attached hydrogens (tertiary/aromatic N) is 1. The molecule has 0 fully saturated rings. The predicted molar refractivity (Wildman–Crippen MR) is 86.6 cm³/mol. The highest BCUT2D eigenvalue weighted by molar-refractivity contribution is 5.86. The van der Waals surface area contributed by atoms with Gasteiger partial charge in [0.25, 0.3) is 0 Å². The first-order valence-corrected chi connectivity index (χ1v) is 8.26. The molecule has 0 amide bonds. The Labute approximate surface area is 150 Å². The number of rotatable bonds is 2. The van der Waals surface area contributed by atoms with Gasteiger partial charge in [-0.25, -0.2) is 4.98 Å². The number of nitrogens with one attached hydrogen (secondary N) is 1. The number of aliphatic hydroxyl groups is 1. The molecule has 2 atom stereocenters. The van der Waals surface area contributed by atoms with Crippen LogP contribution in [-0.4, -0.2) is 16.1 Å². The maximum absolute atomic E-state index is 13.3. The number of hydrogen-bond acceptors (Lipinski definition) is 3. The summed E-state index contributed by atoms with van der Waals surface area (Å²) < 4.78 is 79.6. The highest BCUT2D eigenvalue weighted by Crippen LogP contribution is 2.39. The van der Waals surface area contributed by atoms with Gasteiger partial charge in [0.2, 0.25) is 0 Å². The standard InChI is InChI=1S/C18H16F6N2O/c19-17(20,21)12-6-4-5-10-11(9-14(18(22,23)24)26-15(10)12)16(27)13-7-2-1-3-8-25-13/h3-6,8-9,13,16,25,27H,1-2,7H2. The van der Waals surface area contributed by atoms with Gasteiger partial charge in [0.15, 0.2) is 0 Å². The van der Waals surface area contributed by atoms with Gasteiger partial charge in [-0.05, 0) is 43.2 Å². The van der Waals surface area contributed by atoms with Crippen molar-refractivity contribution in [2.24, 2.45) is 0 Å². The molecular weight excluding hydrogens is 374 g/mol. The van der Waals surface area contributed by atoms with Crippen molar-refractivity contribution in [3.63, 3.8) is 0 Å². The lowest BCUT2D eigenvalue weighted by Gasteiger charge is -2.25. The molecule has 2 N–H and O–H groups in total. The zero-order valence-electron chi connectivity index (χ0n) is 13.9. The second-order valence-electron chi connectivity index (χ2n) is 6.35. The molecular formula is C18H16F6N2O. The molecule has 1 aliphatic rings. The summed E-state index contributed by atoms with van der Waals surface area (Å²) in [6.07, 6.45) is -5.95. The Bertz CT molecular complexity index is 859. The van der Waals surface area contributed by atoms with Crippen LogP contribution < -0.4 is 5.32 Å². The Morgan fingerprint density at radius 1 is 1.11 bits per heavy atom. The molecule has 146 valence electrons. The van der Waals surface area contributed by atoms with Crippen molar-refractivity contribution in [2.75, 3.05) is 0 Å². The third-order valence-corrected chi connectivity index (χ3v) is 4.48. The van der Waals surface area contributed by atoms with E-state index in [9.17, 15) is 31.4 Å². The molecule has 9 heteroatoms. The van der Waals surface area contributed by atoms with E-state index < -0.39 is 41.3 Å². The average molecular weight is 390 g/mol. The number of halogens is 6. The van der Waals surface area contributed by atoms with Crippen molar-refractivity contribution in [3.8, 4) is 0 Å². The van der Waals surface area contributed by atoms with Crippen LogP contribution in [0.25, 0.3) is 10.9 Å². The third-order valence-electron chi connectivity index (χ3n) is 4.48. The number of hydrogen-bond donors (Lipinski definition) is 2. The zero-order chi connectivity index (χ0) is 19.8. The topological polar surface area (TPSA) is 45.2 Å². The van der Waals surface area contributed by atoms with Crippen molar-refractivity contribution >= 4 is 10.9 Å². The van der Waals surface area contributed by atoms with E-state index in [2.05, 4.69) is 10.3 Å². The smallest absolute Gasteiger partial charge is 0.386 e. The molecule has 0 aliphatic carbocycles. The first-order chi connectivity index (χ1) is 12.6. The van der Waals surface area contributed by atoms with Gasteiger partial charge >= 0.3 is 12.4 Å². The van der Waals surface area contributed by atoms with E-state index in [1.54, 1.807) is 6.20 Å². The van der Waals surface area contributed by atoms with Crippen LogP contribution in [0.1, 0.15) is 42.2 Å². The summed E-state index contributed by atoms with van der Waals surface area (Å²) in [5, 5.41) is 13.4.